The van der Waals surface area contributed by atoms with Crippen LogP contribution in [0.1, 0.15) is 30.1 Å². The second kappa shape index (κ2) is 8.59. The number of rotatable bonds is 7. The molecule has 8 heteroatoms. The fourth-order valence-corrected chi connectivity index (χ4v) is 2.56. The Morgan fingerprint density at radius 3 is 2.69 bits per heavy atom. The molecule has 0 unspecified atom stereocenters. The predicted molar refractivity (Wildman–Crippen MR) is 92.4 cm³/mol. The number of carbonyl (C=O) groups is 3. The van der Waals surface area contributed by atoms with E-state index in [1.54, 1.807) is 18.2 Å². The van der Waals surface area contributed by atoms with Gasteiger partial charge in [0.2, 0.25) is 11.8 Å². The first kappa shape index (κ1) is 19.6. The summed E-state index contributed by atoms with van der Waals surface area (Å²) in [7, 11) is 0. The zero-order chi connectivity index (χ0) is 19.3. The van der Waals surface area contributed by atoms with Gasteiger partial charge in [-0.15, -0.1) is 0 Å². The molecule has 0 saturated heterocycles. The molecule has 0 heterocycles. The number of aliphatic hydroxyl groups excluding tert-OH is 2. The van der Waals surface area contributed by atoms with Gasteiger partial charge in [-0.1, -0.05) is 12.1 Å². The van der Waals surface area contributed by atoms with Gasteiger partial charge in [0.05, 0.1) is 6.10 Å². The van der Waals surface area contributed by atoms with Crippen LogP contribution in [0.4, 0.5) is 0 Å². The lowest BCUT2D eigenvalue weighted by atomic mass is 9.91. The third-order valence-corrected chi connectivity index (χ3v) is 3.99. The van der Waals surface area contributed by atoms with Gasteiger partial charge in [0, 0.05) is 30.5 Å². The van der Waals surface area contributed by atoms with Crippen molar-refractivity contribution in [3.63, 3.8) is 0 Å². The molecule has 1 aromatic rings. The van der Waals surface area contributed by atoms with Crippen LogP contribution >= 0.6 is 0 Å². The quantitative estimate of drug-likeness (QED) is 0.490. The lowest BCUT2D eigenvalue weighted by molar-refractivity contribution is -0.119. The zero-order valence-corrected chi connectivity index (χ0v) is 14.3. The highest BCUT2D eigenvalue weighted by Gasteiger charge is 2.34. The number of nitrogens with one attached hydrogen (secondary N) is 1. The van der Waals surface area contributed by atoms with Gasteiger partial charge in [0.15, 0.2) is 5.78 Å². The van der Waals surface area contributed by atoms with E-state index in [1.807, 2.05) is 0 Å². The molecule has 8 nitrogen and oxygen atoms in total. The van der Waals surface area contributed by atoms with Crippen molar-refractivity contribution >= 4 is 17.6 Å². The number of hydrogen-bond acceptors (Lipinski definition) is 6. The molecule has 1 aliphatic rings. The van der Waals surface area contributed by atoms with E-state index in [-0.39, 0.29) is 30.7 Å². The smallest absolute Gasteiger partial charge is 0.247 e. The summed E-state index contributed by atoms with van der Waals surface area (Å²) < 4.78 is 5.66. The second-order valence-electron chi connectivity index (χ2n) is 6.09. The molecule has 0 bridgehead atoms. The highest BCUT2D eigenvalue weighted by Crippen LogP contribution is 2.24. The number of primary amides is 1. The summed E-state index contributed by atoms with van der Waals surface area (Å²) in [6, 6.07) is 6.41. The van der Waals surface area contributed by atoms with Gasteiger partial charge < -0.3 is 26.0 Å². The van der Waals surface area contributed by atoms with Crippen molar-refractivity contribution in [1.82, 2.24) is 5.32 Å². The van der Waals surface area contributed by atoms with E-state index in [2.05, 4.69) is 5.32 Å². The highest BCUT2D eigenvalue weighted by atomic mass is 16.5. The van der Waals surface area contributed by atoms with E-state index in [4.69, 9.17) is 10.5 Å². The first-order valence-corrected chi connectivity index (χ1v) is 8.19. The van der Waals surface area contributed by atoms with Crippen molar-refractivity contribution in [2.75, 3.05) is 6.54 Å². The summed E-state index contributed by atoms with van der Waals surface area (Å²) in [6.45, 7) is 1.50. The van der Waals surface area contributed by atoms with Gasteiger partial charge in [-0.25, -0.2) is 0 Å². The number of Topliss-reactive ketones (excluding diaryl/α,β-unsaturated/α-hetero) is 1. The van der Waals surface area contributed by atoms with Crippen molar-refractivity contribution in [2.24, 2.45) is 5.73 Å². The van der Waals surface area contributed by atoms with Crippen LogP contribution in [0, 0.1) is 0 Å². The number of nitrogens with two attached hydrogens (primary N) is 1. The Balaban J connectivity index is 2.12. The zero-order valence-electron chi connectivity index (χ0n) is 14.3. The fourth-order valence-electron chi connectivity index (χ4n) is 2.56. The van der Waals surface area contributed by atoms with Crippen LogP contribution in [0.5, 0.6) is 5.75 Å². The molecular weight excluding hydrogens is 340 g/mol. The SMILES string of the molecule is CC(=O)c1cccc(O[C@@H]2C=C(C(=O)NCCC(N)=O)C[C@@H](O)[C@H]2O)c1. The summed E-state index contributed by atoms with van der Waals surface area (Å²) in [4.78, 5) is 34.3. The number of benzene rings is 1. The van der Waals surface area contributed by atoms with Crippen molar-refractivity contribution < 1.29 is 29.3 Å². The molecule has 0 aromatic heterocycles. The van der Waals surface area contributed by atoms with Gasteiger partial charge in [-0.2, -0.15) is 0 Å². The minimum Gasteiger partial charge on any atom is -0.483 e. The molecule has 2 amide bonds. The number of carbonyl (C=O) groups excluding carboxylic acids is 3. The molecule has 2 rings (SSSR count). The fraction of sp³-hybridized carbons (Fsp3) is 0.389. The molecule has 3 atom stereocenters. The van der Waals surface area contributed by atoms with E-state index in [1.165, 1.54) is 19.1 Å². The topological polar surface area (TPSA) is 139 Å². The molecule has 26 heavy (non-hydrogen) atoms. The van der Waals surface area contributed by atoms with E-state index in [0.29, 0.717) is 11.3 Å². The lowest BCUT2D eigenvalue weighted by Crippen LogP contribution is -2.45. The van der Waals surface area contributed by atoms with E-state index in [9.17, 15) is 24.6 Å². The van der Waals surface area contributed by atoms with Gasteiger partial charge in [0.25, 0.3) is 0 Å². The van der Waals surface area contributed by atoms with Gasteiger partial charge >= 0.3 is 0 Å². The molecular formula is C18H22N2O6. The summed E-state index contributed by atoms with van der Waals surface area (Å²) in [5.41, 5.74) is 5.70. The van der Waals surface area contributed by atoms with Crippen LogP contribution in [0.3, 0.4) is 0 Å². The highest BCUT2D eigenvalue weighted by molar-refractivity contribution is 5.94. The van der Waals surface area contributed by atoms with E-state index >= 15 is 0 Å². The second-order valence-corrected chi connectivity index (χ2v) is 6.09. The Kier molecular flexibility index (Phi) is 6.48. The van der Waals surface area contributed by atoms with E-state index in [0.717, 1.165) is 0 Å². The Morgan fingerprint density at radius 2 is 2.04 bits per heavy atom. The number of ether oxygens (including phenoxy) is 1. The van der Waals surface area contributed by atoms with Crippen LogP contribution in [0.25, 0.3) is 0 Å². The van der Waals surface area contributed by atoms with Crippen LogP contribution in [-0.2, 0) is 9.59 Å². The number of hydrogen-bond donors (Lipinski definition) is 4. The third-order valence-electron chi connectivity index (χ3n) is 3.99. The monoisotopic (exact) mass is 362 g/mol. The van der Waals surface area contributed by atoms with Crippen molar-refractivity contribution in [1.29, 1.82) is 0 Å². The lowest BCUT2D eigenvalue weighted by Gasteiger charge is -2.30. The average Bonchev–Trinajstić information content (AvgIpc) is 2.58. The largest absolute Gasteiger partial charge is 0.483 e. The Labute approximate surface area is 150 Å². The molecule has 0 spiro atoms. The van der Waals surface area contributed by atoms with Gasteiger partial charge in [-0.3, -0.25) is 14.4 Å². The van der Waals surface area contributed by atoms with Gasteiger partial charge in [0.1, 0.15) is 18.0 Å². The van der Waals surface area contributed by atoms with Crippen LogP contribution in [-0.4, -0.2) is 52.7 Å². The van der Waals surface area contributed by atoms with Crippen LogP contribution in [0.15, 0.2) is 35.9 Å². The van der Waals surface area contributed by atoms with Gasteiger partial charge in [-0.05, 0) is 25.1 Å². The maximum absolute atomic E-state index is 12.1. The van der Waals surface area contributed by atoms with Crippen LogP contribution in [0.2, 0.25) is 0 Å². The summed E-state index contributed by atoms with van der Waals surface area (Å²) in [5.74, 6) is -0.807. The maximum Gasteiger partial charge on any atom is 0.247 e. The third kappa shape index (κ3) is 5.14. The summed E-state index contributed by atoms with van der Waals surface area (Å²) in [6.07, 6.45) is -1.98. The predicted octanol–water partition coefficient (Wildman–Crippen LogP) is -0.320. The standard InChI is InChI=1S/C18H22N2O6/c1-10(21)11-3-2-4-13(7-11)26-15-9-12(8-14(22)17(15)24)18(25)20-6-5-16(19)23/h2-4,7,9,14-15,17,22,24H,5-6,8H2,1H3,(H2,19,23)(H,20,25)/t14-,15-,17-/m1/s1. The molecule has 1 aromatic carbocycles. The first-order valence-electron chi connectivity index (χ1n) is 8.19. The molecule has 0 radical (unpaired) electrons. The Hall–Kier alpha value is -2.71. The number of ketones is 1. The summed E-state index contributed by atoms with van der Waals surface area (Å²) in [5, 5.41) is 22.7. The van der Waals surface area contributed by atoms with Crippen molar-refractivity contribution in [2.45, 2.75) is 38.1 Å². The molecule has 5 N–H and O–H groups in total. The number of aliphatic hydroxyl groups is 2. The Bertz CT molecular complexity index is 730. The average molecular weight is 362 g/mol. The first-order chi connectivity index (χ1) is 12.3. The maximum atomic E-state index is 12.1. The van der Waals surface area contributed by atoms with Crippen LogP contribution < -0.4 is 15.8 Å². The molecule has 0 aliphatic heterocycles. The normalized spacial score (nSPS) is 22.3. The van der Waals surface area contributed by atoms with E-state index < -0.39 is 30.1 Å². The molecule has 0 saturated carbocycles. The molecule has 140 valence electrons. The van der Waals surface area contributed by atoms with Crippen molar-refractivity contribution in [3.8, 4) is 5.75 Å². The number of amides is 2. The minimum absolute atomic E-state index is 0.00195. The Morgan fingerprint density at radius 1 is 1.31 bits per heavy atom. The molecule has 1 aliphatic carbocycles. The van der Waals surface area contributed by atoms with Crippen molar-refractivity contribution in [3.05, 3.63) is 41.5 Å². The molecule has 0 fully saturated rings. The minimum atomic E-state index is -1.22. The summed E-state index contributed by atoms with van der Waals surface area (Å²) >= 11 is 0.